The molecule has 0 N–H and O–H groups in total. The van der Waals surface area contributed by atoms with E-state index in [1.165, 1.54) is 12.1 Å². The number of hydrogen-bond donors (Lipinski definition) is 0. The van der Waals surface area contributed by atoms with E-state index in [0.717, 1.165) is 12.0 Å². The van der Waals surface area contributed by atoms with Crippen molar-refractivity contribution in [1.82, 2.24) is 14.6 Å². The molecule has 2 heterocycles. The Balaban J connectivity index is 2.06. The first kappa shape index (κ1) is 18.0. The number of pyridine rings is 1. The van der Waals surface area contributed by atoms with Gasteiger partial charge in [-0.3, -0.25) is 0 Å². The largest absolute Gasteiger partial charge is 0.573 e. The zero-order valence-corrected chi connectivity index (χ0v) is 14.5. The van der Waals surface area contributed by atoms with E-state index < -0.39 is 6.36 Å². The van der Waals surface area contributed by atoms with E-state index in [2.05, 4.69) is 14.9 Å². The predicted octanol–water partition coefficient (Wildman–Crippen LogP) is 4.78. The number of nitrogens with zero attached hydrogens (tertiary/aromatic N) is 3. The maximum absolute atomic E-state index is 12.3. The summed E-state index contributed by atoms with van der Waals surface area (Å²) >= 11 is 0. The molecule has 138 valence electrons. The van der Waals surface area contributed by atoms with Gasteiger partial charge in [0.25, 0.3) is 0 Å². The Morgan fingerprint density at radius 2 is 1.77 bits per heavy atom. The average Bonchev–Trinajstić information content (AvgIpc) is 2.96. The van der Waals surface area contributed by atoms with Crippen LogP contribution >= 0.6 is 0 Å². The fourth-order valence-corrected chi connectivity index (χ4v) is 2.53. The van der Waals surface area contributed by atoms with Crippen molar-refractivity contribution in [2.45, 2.75) is 39.7 Å². The van der Waals surface area contributed by atoms with Crippen LogP contribution in [0.3, 0.4) is 0 Å². The number of halogens is 3. The van der Waals surface area contributed by atoms with E-state index in [1.807, 2.05) is 26.8 Å². The van der Waals surface area contributed by atoms with Crippen LogP contribution < -0.4 is 9.47 Å². The molecule has 26 heavy (non-hydrogen) atoms. The van der Waals surface area contributed by atoms with E-state index in [0.29, 0.717) is 22.9 Å². The van der Waals surface area contributed by atoms with Crippen molar-refractivity contribution in [1.29, 1.82) is 0 Å². The van der Waals surface area contributed by atoms with Crippen LogP contribution in [0.25, 0.3) is 16.8 Å². The Hall–Kier alpha value is -2.77. The van der Waals surface area contributed by atoms with Gasteiger partial charge in [-0.2, -0.15) is 0 Å². The summed E-state index contributed by atoms with van der Waals surface area (Å²) in [7, 11) is 0. The average molecular weight is 365 g/mol. The zero-order chi connectivity index (χ0) is 18.9. The molecule has 0 fully saturated rings. The number of aromatic nitrogens is 3. The quantitative estimate of drug-likeness (QED) is 0.653. The monoisotopic (exact) mass is 365 g/mol. The number of hydrogen-bond acceptors (Lipinski definition) is 4. The lowest BCUT2D eigenvalue weighted by Crippen LogP contribution is -2.17. The lowest BCUT2D eigenvalue weighted by Gasteiger charge is -2.18. The second-order valence-corrected chi connectivity index (χ2v) is 5.90. The molecule has 0 aliphatic rings. The summed E-state index contributed by atoms with van der Waals surface area (Å²) in [5.41, 5.74) is 2.08. The molecule has 1 unspecified atom stereocenters. The SMILES string of the molecule is CCC(C)Oc1c(-c2ccc(OC(F)(F)F)cc2)ccc2nnc(C)n12. The molecule has 1 aromatic carbocycles. The first-order valence-electron chi connectivity index (χ1n) is 8.16. The highest BCUT2D eigenvalue weighted by molar-refractivity contribution is 5.71. The minimum absolute atomic E-state index is 0.0472. The molecular formula is C18H18F3N3O2. The number of rotatable bonds is 5. The van der Waals surface area contributed by atoms with E-state index >= 15 is 0 Å². The second-order valence-electron chi connectivity index (χ2n) is 5.90. The third kappa shape index (κ3) is 3.74. The Morgan fingerprint density at radius 1 is 1.08 bits per heavy atom. The summed E-state index contributed by atoms with van der Waals surface area (Å²) in [6, 6.07) is 9.29. The normalized spacial score (nSPS) is 13.0. The van der Waals surface area contributed by atoms with Crippen LogP contribution in [0.5, 0.6) is 11.6 Å². The van der Waals surface area contributed by atoms with Crippen LogP contribution in [0.4, 0.5) is 13.2 Å². The van der Waals surface area contributed by atoms with E-state index in [9.17, 15) is 13.2 Å². The van der Waals surface area contributed by atoms with Gasteiger partial charge >= 0.3 is 6.36 Å². The molecule has 3 rings (SSSR count). The molecular weight excluding hydrogens is 347 g/mol. The van der Waals surface area contributed by atoms with Gasteiger partial charge in [0.15, 0.2) is 5.65 Å². The second kappa shape index (κ2) is 6.86. The Labute approximate surface area is 148 Å². The summed E-state index contributed by atoms with van der Waals surface area (Å²) in [5, 5.41) is 8.16. The standard InChI is InChI=1S/C18H18F3N3O2/c1-4-11(2)25-17-15(9-10-16-23-22-12(3)24(16)17)13-5-7-14(8-6-13)26-18(19,20)21/h5-11H,4H2,1-3H3. The maximum atomic E-state index is 12.3. The van der Waals surface area contributed by atoms with Gasteiger partial charge in [-0.1, -0.05) is 19.1 Å². The number of fused-ring (bicyclic) bond motifs is 1. The van der Waals surface area contributed by atoms with Crippen molar-refractivity contribution >= 4 is 5.65 Å². The highest BCUT2D eigenvalue weighted by atomic mass is 19.4. The molecule has 0 amide bonds. The van der Waals surface area contributed by atoms with Gasteiger partial charge in [-0.15, -0.1) is 23.4 Å². The van der Waals surface area contributed by atoms with Crippen LogP contribution in [-0.2, 0) is 0 Å². The zero-order valence-electron chi connectivity index (χ0n) is 14.5. The van der Waals surface area contributed by atoms with E-state index in [-0.39, 0.29) is 11.9 Å². The highest BCUT2D eigenvalue weighted by Gasteiger charge is 2.31. The fraction of sp³-hybridized carbons (Fsp3) is 0.333. The molecule has 8 heteroatoms. The van der Waals surface area contributed by atoms with Crippen LogP contribution in [0.2, 0.25) is 0 Å². The molecule has 0 aliphatic heterocycles. The smallest absolute Gasteiger partial charge is 0.475 e. The first-order valence-corrected chi connectivity index (χ1v) is 8.16. The Morgan fingerprint density at radius 3 is 2.38 bits per heavy atom. The lowest BCUT2D eigenvalue weighted by molar-refractivity contribution is -0.274. The molecule has 0 aliphatic carbocycles. The predicted molar refractivity (Wildman–Crippen MR) is 90.2 cm³/mol. The Kier molecular flexibility index (Phi) is 4.76. The van der Waals surface area contributed by atoms with Crippen molar-refractivity contribution in [2.24, 2.45) is 0 Å². The highest BCUT2D eigenvalue weighted by Crippen LogP contribution is 2.34. The van der Waals surface area contributed by atoms with Gasteiger partial charge < -0.3 is 9.47 Å². The van der Waals surface area contributed by atoms with Crippen LogP contribution in [0, 0.1) is 6.92 Å². The molecule has 1 atom stereocenters. The summed E-state index contributed by atoms with van der Waals surface area (Å²) in [6.45, 7) is 5.77. The molecule has 5 nitrogen and oxygen atoms in total. The fourth-order valence-electron chi connectivity index (χ4n) is 2.53. The van der Waals surface area contributed by atoms with Crippen molar-refractivity contribution in [3.63, 3.8) is 0 Å². The Bertz CT molecular complexity index is 904. The van der Waals surface area contributed by atoms with Crippen molar-refractivity contribution in [2.75, 3.05) is 0 Å². The molecule has 0 spiro atoms. The number of alkyl halides is 3. The van der Waals surface area contributed by atoms with Gasteiger partial charge in [0, 0.05) is 5.56 Å². The van der Waals surface area contributed by atoms with Crippen molar-refractivity contribution in [3.8, 4) is 22.8 Å². The molecule has 0 saturated heterocycles. The minimum atomic E-state index is -4.72. The van der Waals surface area contributed by atoms with Gasteiger partial charge in [0.1, 0.15) is 11.6 Å². The van der Waals surface area contributed by atoms with Gasteiger partial charge in [-0.05, 0) is 50.1 Å². The maximum Gasteiger partial charge on any atom is 0.573 e. The third-order valence-electron chi connectivity index (χ3n) is 3.97. The summed E-state index contributed by atoms with van der Waals surface area (Å²) in [5.74, 6) is 0.952. The van der Waals surface area contributed by atoms with E-state index in [1.54, 1.807) is 22.6 Å². The summed E-state index contributed by atoms with van der Waals surface area (Å²) < 4.78 is 48.8. The molecule has 3 aromatic rings. The lowest BCUT2D eigenvalue weighted by atomic mass is 10.1. The van der Waals surface area contributed by atoms with Crippen LogP contribution in [0.1, 0.15) is 26.1 Å². The van der Waals surface area contributed by atoms with Crippen molar-refractivity contribution < 1.29 is 22.6 Å². The number of aryl methyl sites for hydroxylation is 1. The third-order valence-corrected chi connectivity index (χ3v) is 3.97. The topological polar surface area (TPSA) is 48.7 Å². The molecule has 0 bridgehead atoms. The van der Waals surface area contributed by atoms with E-state index in [4.69, 9.17) is 4.74 Å². The molecule has 0 saturated carbocycles. The minimum Gasteiger partial charge on any atom is -0.475 e. The number of ether oxygens (including phenoxy) is 2. The summed E-state index contributed by atoms with van der Waals surface area (Å²) in [6.07, 6.45) is -3.96. The van der Waals surface area contributed by atoms with Gasteiger partial charge in [0.2, 0.25) is 5.88 Å². The van der Waals surface area contributed by atoms with Crippen LogP contribution in [-0.4, -0.2) is 27.1 Å². The van der Waals surface area contributed by atoms with Crippen molar-refractivity contribution in [3.05, 3.63) is 42.2 Å². The molecule has 2 aromatic heterocycles. The first-order chi connectivity index (χ1) is 12.3. The van der Waals surface area contributed by atoms with Gasteiger partial charge in [0.05, 0.1) is 6.10 Å². The van der Waals surface area contributed by atoms with Crippen LogP contribution in [0.15, 0.2) is 36.4 Å². The molecule has 0 radical (unpaired) electrons. The van der Waals surface area contributed by atoms with Gasteiger partial charge in [-0.25, -0.2) is 4.40 Å². The number of benzene rings is 1. The summed E-state index contributed by atoms with van der Waals surface area (Å²) in [4.78, 5) is 0.